The fourth-order valence-corrected chi connectivity index (χ4v) is 2.39. The van der Waals surface area contributed by atoms with Gasteiger partial charge in [0.05, 0.1) is 0 Å². The van der Waals surface area contributed by atoms with E-state index < -0.39 is 10.2 Å². The van der Waals surface area contributed by atoms with Crippen LogP contribution in [0.15, 0.2) is 54.6 Å². The largest absolute Gasteiger partial charge is 0.338 e. The summed E-state index contributed by atoms with van der Waals surface area (Å²) in [6.45, 7) is 0.515. The maximum atomic E-state index is 11.8. The summed E-state index contributed by atoms with van der Waals surface area (Å²) >= 11 is 0. The number of amides is 2. The SMILES string of the molecule is NS(=O)(=O)Nc1ccc(NC(=O)NCCc2ccccc2)cc1. The summed E-state index contributed by atoms with van der Waals surface area (Å²) in [6.07, 6.45) is 0.742. The molecule has 0 heterocycles. The zero-order valence-corrected chi connectivity index (χ0v) is 13.1. The van der Waals surface area contributed by atoms with Crippen LogP contribution in [-0.4, -0.2) is 21.0 Å². The second-order valence-electron chi connectivity index (χ2n) is 4.84. The maximum absolute atomic E-state index is 11.8. The van der Waals surface area contributed by atoms with Gasteiger partial charge in [-0.2, -0.15) is 8.42 Å². The molecule has 0 aromatic heterocycles. The van der Waals surface area contributed by atoms with Crippen molar-refractivity contribution in [1.29, 1.82) is 0 Å². The van der Waals surface area contributed by atoms with Gasteiger partial charge in [0.15, 0.2) is 0 Å². The first kappa shape index (κ1) is 16.8. The van der Waals surface area contributed by atoms with Crippen molar-refractivity contribution in [1.82, 2.24) is 5.32 Å². The number of anilines is 2. The van der Waals surface area contributed by atoms with Crippen molar-refractivity contribution < 1.29 is 13.2 Å². The van der Waals surface area contributed by atoms with Gasteiger partial charge in [0.1, 0.15) is 0 Å². The molecule has 0 aliphatic heterocycles. The number of hydrogen-bond donors (Lipinski definition) is 4. The second-order valence-corrected chi connectivity index (χ2v) is 6.14. The van der Waals surface area contributed by atoms with E-state index in [9.17, 15) is 13.2 Å². The van der Waals surface area contributed by atoms with E-state index in [1.54, 1.807) is 12.1 Å². The molecule has 0 spiro atoms. The molecule has 122 valence electrons. The molecule has 8 heteroatoms. The molecule has 0 saturated heterocycles. The van der Waals surface area contributed by atoms with Crippen molar-refractivity contribution in [2.24, 2.45) is 5.14 Å². The van der Waals surface area contributed by atoms with Gasteiger partial charge in [-0.25, -0.2) is 9.93 Å². The molecular formula is C15H18N4O3S. The zero-order chi connectivity index (χ0) is 16.7. The Morgan fingerprint density at radius 3 is 2.17 bits per heavy atom. The summed E-state index contributed by atoms with van der Waals surface area (Å²) in [7, 11) is -3.80. The molecule has 0 unspecified atom stereocenters. The van der Waals surface area contributed by atoms with Gasteiger partial charge in [0, 0.05) is 17.9 Å². The molecule has 0 aliphatic carbocycles. The highest BCUT2D eigenvalue weighted by molar-refractivity contribution is 7.90. The minimum Gasteiger partial charge on any atom is -0.338 e. The number of carbonyl (C=O) groups is 1. The Hall–Kier alpha value is -2.58. The number of urea groups is 1. The second kappa shape index (κ2) is 7.61. The molecule has 23 heavy (non-hydrogen) atoms. The van der Waals surface area contributed by atoms with Gasteiger partial charge < -0.3 is 10.6 Å². The fourth-order valence-electron chi connectivity index (χ4n) is 1.93. The Balaban J connectivity index is 1.79. The molecule has 0 atom stereocenters. The fraction of sp³-hybridized carbons (Fsp3) is 0.133. The highest BCUT2D eigenvalue weighted by Crippen LogP contribution is 2.13. The number of benzene rings is 2. The molecule has 2 aromatic carbocycles. The lowest BCUT2D eigenvalue weighted by atomic mass is 10.1. The van der Waals surface area contributed by atoms with E-state index >= 15 is 0 Å². The lowest BCUT2D eigenvalue weighted by Crippen LogP contribution is -2.30. The van der Waals surface area contributed by atoms with Gasteiger partial charge in [-0.1, -0.05) is 30.3 Å². The van der Waals surface area contributed by atoms with Crippen molar-refractivity contribution >= 4 is 27.6 Å². The standard InChI is InChI=1S/C15H18N4O3S/c16-23(21,22)19-14-8-6-13(7-9-14)18-15(20)17-11-10-12-4-2-1-3-5-12/h1-9,19H,10-11H2,(H2,16,21,22)(H2,17,18,20). The van der Waals surface area contributed by atoms with Crippen LogP contribution < -0.4 is 20.5 Å². The van der Waals surface area contributed by atoms with Crippen molar-refractivity contribution in [3.05, 3.63) is 60.2 Å². The molecule has 0 aliphatic rings. The third-order valence-corrected chi connectivity index (χ3v) is 3.47. The van der Waals surface area contributed by atoms with E-state index in [4.69, 9.17) is 5.14 Å². The van der Waals surface area contributed by atoms with Crippen molar-refractivity contribution in [2.75, 3.05) is 16.6 Å². The third kappa shape index (κ3) is 6.37. The third-order valence-electron chi connectivity index (χ3n) is 2.94. The molecular weight excluding hydrogens is 316 g/mol. The Morgan fingerprint density at radius 2 is 1.57 bits per heavy atom. The number of nitrogens with two attached hydrogens (primary N) is 1. The average molecular weight is 334 g/mol. The average Bonchev–Trinajstić information content (AvgIpc) is 2.49. The summed E-state index contributed by atoms with van der Waals surface area (Å²) in [5, 5.41) is 10.3. The topological polar surface area (TPSA) is 113 Å². The van der Waals surface area contributed by atoms with Crippen LogP contribution >= 0.6 is 0 Å². The summed E-state index contributed by atoms with van der Waals surface area (Å²) in [4.78, 5) is 11.8. The quantitative estimate of drug-likeness (QED) is 0.644. The van der Waals surface area contributed by atoms with E-state index in [0.717, 1.165) is 12.0 Å². The monoisotopic (exact) mass is 334 g/mol. The van der Waals surface area contributed by atoms with Crippen molar-refractivity contribution in [3.63, 3.8) is 0 Å². The Morgan fingerprint density at radius 1 is 0.957 bits per heavy atom. The van der Waals surface area contributed by atoms with Gasteiger partial charge in [-0.05, 0) is 36.2 Å². The predicted octanol–water partition coefficient (Wildman–Crippen LogP) is 1.67. The molecule has 5 N–H and O–H groups in total. The normalized spacial score (nSPS) is 10.8. The van der Waals surface area contributed by atoms with Crippen molar-refractivity contribution in [3.8, 4) is 0 Å². The first-order valence-electron chi connectivity index (χ1n) is 6.92. The molecule has 7 nitrogen and oxygen atoms in total. The molecule has 0 fully saturated rings. The highest BCUT2D eigenvalue weighted by Gasteiger charge is 2.04. The number of rotatable bonds is 6. The van der Waals surface area contributed by atoms with Crippen LogP contribution in [-0.2, 0) is 16.6 Å². The van der Waals surface area contributed by atoms with Crippen molar-refractivity contribution in [2.45, 2.75) is 6.42 Å². The van der Waals surface area contributed by atoms with Gasteiger partial charge in [0.2, 0.25) is 0 Å². The van der Waals surface area contributed by atoms with Gasteiger partial charge >= 0.3 is 6.03 Å². The summed E-state index contributed by atoms with van der Waals surface area (Å²) in [5.74, 6) is 0. The highest BCUT2D eigenvalue weighted by atomic mass is 32.2. The Labute approximate surface area is 135 Å². The van der Waals surface area contributed by atoms with E-state index in [-0.39, 0.29) is 6.03 Å². The summed E-state index contributed by atoms with van der Waals surface area (Å²) in [5.41, 5.74) is 2.01. The van der Waals surface area contributed by atoms with Gasteiger partial charge in [-0.15, -0.1) is 0 Å². The van der Waals surface area contributed by atoms with Crippen LogP contribution in [0.3, 0.4) is 0 Å². The molecule has 0 radical (unpaired) electrons. The summed E-state index contributed by atoms with van der Waals surface area (Å²) in [6, 6.07) is 15.7. The molecule has 2 aromatic rings. The smallest absolute Gasteiger partial charge is 0.319 e. The predicted molar refractivity (Wildman–Crippen MR) is 90.3 cm³/mol. The lowest BCUT2D eigenvalue weighted by Gasteiger charge is -2.09. The van der Waals surface area contributed by atoms with E-state index in [2.05, 4.69) is 15.4 Å². The molecule has 2 rings (SSSR count). The minimum atomic E-state index is -3.80. The number of carbonyl (C=O) groups excluding carboxylic acids is 1. The lowest BCUT2D eigenvalue weighted by molar-refractivity contribution is 0.252. The number of hydrogen-bond acceptors (Lipinski definition) is 3. The zero-order valence-electron chi connectivity index (χ0n) is 12.3. The minimum absolute atomic E-state index is 0.322. The van der Waals surface area contributed by atoms with Crippen LogP contribution in [0.4, 0.5) is 16.2 Å². The number of nitrogens with one attached hydrogen (secondary N) is 3. The molecule has 0 bridgehead atoms. The Kier molecular flexibility index (Phi) is 5.56. The molecule has 2 amide bonds. The molecule has 0 saturated carbocycles. The first-order chi connectivity index (χ1) is 10.9. The van der Waals surface area contributed by atoms with E-state index in [1.165, 1.54) is 12.1 Å². The first-order valence-corrected chi connectivity index (χ1v) is 8.46. The van der Waals surface area contributed by atoms with Crippen LogP contribution in [0.2, 0.25) is 0 Å². The maximum Gasteiger partial charge on any atom is 0.319 e. The van der Waals surface area contributed by atoms with Crippen LogP contribution in [0.25, 0.3) is 0 Å². The van der Waals surface area contributed by atoms with Gasteiger partial charge in [-0.3, -0.25) is 4.72 Å². The van der Waals surface area contributed by atoms with Crippen LogP contribution in [0, 0.1) is 0 Å². The van der Waals surface area contributed by atoms with Crippen LogP contribution in [0.1, 0.15) is 5.56 Å². The van der Waals surface area contributed by atoms with Gasteiger partial charge in [0.25, 0.3) is 10.2 Å². The Bertz CT molecular complexity index is 746. The van der Waals surface area contributed by atoms with E-state index in [1.807, 2.05) is 30.3 Å². The summed E-state index contributed by atoms with van der Waals surface area (Å²) < 4.78 is 23.9. The van der Waals surface area contributed by atoms with E-state index in [0.29, 0.717) is 17.9 Å². The van der Waals surface area contributed by atoms with Crippen LogP contribution in [0.5, 0.6) is 0 Å².